The van der Waals surface area contributed by atoms with Crippen LogP contribution in [0, 0.1) is 0 Å². The van der Waals surface area contributed by atoms with E-state index in [4.69, 9.17) is 9.98 Å². The summed E-state index contributed by atoms with van der Waals surface area (Å²) in [6.45, 7) is 15.8. The van der Waals surface area contributed by atoms with Crippen LogP contribution in [0.4, 0.5) is 11.4 Å². The van der Waals surface area contributed by atoms with Crippen molar-refractivity contribution in [3.05, 3.63) is 81.9 Å². The molecule has 5 heteroatoms. The van der Waals surface area contributed by atoms with Crippen molar-refractivity contribution in [3.63, 3.8) is 0 Å². The van der Waals surface area contributed by atoms with Crippen LogP contribution >= 0.6 is 0 Å². The molecular formula is C57H90N2NiO2. The van der Waals surface area contributed by atoms with E-state index in [9.17, 15) is 10.2 Å². The number of rotatable bonds is 33. The average molecular weight is 894 g/mol. The molecule has 0 unspecified atom stereocenters. The second-order valence-electron chi connectivity index (χ2n) is 17.9. The quantitative estimate of drug-likeness (QED) is 0.0347. The van der Waals surface area contributed by atoms with Crippen LogP contribution in [0.15, 0.2) is 58.5 Å². The summed E-state index contributed by atoms with van der Waals surface area (Å²) in [7, 11) is 0. The van der Waals surface area contributed by atoms with Crippen LogP contribution in [0.1, 0.15) is 236 Å². The second kappa shape index (κ2) is 37.5. The predicted molar refractivity (Wildman–Crippen MR) is 266 cm³/mol. The molecule has 0 aromatic heterocycles. The molecule has 0 bridgehead atoms. The van der Waals surface area contributed by atoms with Gasteiger partial charge in [0.1, 0.15) is 0 Å². The first kappa shape index (κ1) is 57.1. The SMILES string of the molecule is CCCCCCCCC(C=Nc1cc(CCCCC)cc(CCCCC)c1)=Nc1cc(CCCCC)cc(CCCCC)c1.CCCCCc1cc([O-])c([O-])cc1CCCC.[Ni+2]. The minimum atomic E-state index is -0.352. The van der Waals surface area contributed by atoms with Gasteiger partial charge < -0.3 is 10.2 Å². The third-order valence-electron chi connectivity index (χ3n) is 11.9. The summed E-state index contributed by atoms with van der Waals surface area (Å²) in [6.07, 6.45) is 38.3. The number of hydrogen-bond acceptors (Lipinski definition) is 4. The van der Waals surface area contributed by atoms with Crippen molar-refractivity contribution in [2.24, 2.45) is 9.98 Å². The van der Waals surface area contributed by atoms with Gasteiger partial charge >= 0.3 is 16.5 Å². The van der Waals surface area contributed by atoms with Gasteiger partial charge in [0.2, 0.25) is 0 Å². The normalized spacial score (nSPS) is 11.5. The zero-order valence-electron chi connectivity index (χ0n) is 40.9. The monoisotopic (exact) mass is 893 g/mol. The summed E-state index contributed by atoms with van der Waals surface area (Å²) in [4.78, 5) is 10.4. The first-order valence-electron chi connectivity index (χ1n) is 25.7. The summed E-state index contributed by atoms with van der Waals surface area (Å²) in [6, 6.07) is 17.4. The summed E-state index contributed by atoms with van der Waals surface area (Å²) < 4.78 is 0. The smallest absolute Gasteiger partial charge is 0.873 e. The fourth-order valence-electron chi connectivity index (χ4n) is 8.11. The second-order valence-corrected chi connectivity index (χ2v) is 17.9. The maximum Gasteiger partial charge on any atom is 2.00 e. The fourth-order valence-corrected chi connectivity index (χ4v) is 8.11. The van der Waals surface area contributed by atoms with Gasteiger partial charge in [-0.3, -0.25) is 9.98 Å². The van der Waals surface area contributed by atoms with Crippen molar-refractivity contribution in [3.8, 4) is 11.5 Å². The molecule has 0 spiro atoms. The van der Waals surface area contributed by atoms with Gasteiger partial charge in [0, 0.05) is 6.21 Å². The van der Waals surface area contributed by atoms with Gasteiger partial charge in [-0.15, -0.1) is 11.5 Å². The molecular weight excluding hydrogens is 803 g/mol. The Morgan fingerprint density at radius 3 is 1.15 bits per heavy atom. The number of benzene rings is 3. The van der Waals surface area contributed by atoms with E-state index in [1.165, 1.54) is 151 Å². The molecule has 0 aliphatic heterocycles. The molecule has 0 aliphatic carbocycles. The average Bonchev–Trinajstić information content (AvgIpc) is 3.25. The molecule has 4 nitrogen and oxygen atoms in total. The van der Waals surface area contributed by atoms with E-state index in [1.807, 2.05) is 0 Å². The van der Waals surface area contributed by atoms with Gasteiger partial charge in [0.15, 0.2) is 0 Å². The molecule has 3 rings (SSSR count). The van der Waals surface area contributed by atoms with Gasteiger partial charge in [0.25, 0.3) is 0 Å². The van der Waals surface area contributed by atoms with E-state index < -0.39 is 0 Å². The summed E-state index contributed by atoms with van der Waals surface area (Å²) in [5.74, 6) is -0.702. The van der Waals surface area contributed by atoms with Gasteiger partial charge in [-0.1, -0.05) is 175 Å². The van der Waals surface area contributed by atoms with Crippen LogP contribution < -0.4 is 10.2 Å². The number of hydrogen-bond donors (Lipinski definition) is 0. The minimum absolute atomic E-state index is 0. The van der Waals surface area contributed by atoms with Gasteiger partial charge in [0.05, 0.1) is 17.1 Å². The maximum atomic E-state index is 11.4. The number of nitrogens with zero attached hydrogens (tertiary/aromatic N) is 2. The summed E-state index contributed by atoms with van der Waals surface area (Å²) in [5, 5.41) is 22.8. The standard InChI is InChI=1S/C42H68N2.C15H24O2.Ni/c1-6-11-16-17-18-23-28-40(44-42-33-38(26-21-14-9-4)30-39(34-42)27-22-15-10-5)35-43-41-31-36(24-19-12-7-2)29-37(32-41)25-20-13-8-3;1-3-5-7-9-13-11-15(17)14(16)10-12(13)8-6-4-2;/h29-35H,6-28H2,1-5H3;10-11,16-17H,3-9H2,1-2H3;/q;;+2/p-2. The van der Waals surface area contributed by atoms with Crippen LogP contribution in [-0.4, -0.2) is 11.9 Å². The minimum Gasteiger partial charge on any atom is -0.873 e. The molecule has 0 radical (unpaired) electrons. The van der Waals surface area contributed by atoms with E-state index in [0.29, 0.717) is 0 Å². The van der Waals surface area contributed by atoms with E-state index >= 15 is 0 Å². The molecule has 0 saturated heterocycles. The molecule has 0 amide bonds. The molecule has 350 valence electrons. The van der Waals surface area contributed by atoms with Crippen LogP contribution in [-0.2, 0) is 55.0 Å². The van der Waals surface area contributed by atoms with Crippen LogP contribution in [0.25, 0.3) is 0 Å². The van der Waals surface area contributed by atoms with Crippen LogP contribution in [0.3, 0.4) is 0 Å². The van der Waals surface area contributed by atoms with E-state index in [1.54, 1.807) is 12.1 Å². The number of unbranched alkanes of at least 4 members (excludes halogenated alkanes) is 16. The summed E-state index contributed by atoms with van der Waals surface area (Å²) >= 11 is 0. The van der Waals surface area contributed by atoms with E-state index in [-0.39, 0.29) is 28.0 Å². The van der Waals surface area contributed by atoms with Crippen molar-refractivity contribution >= 4 is 23.3 Å². The molecule has 62 heavy (non-hydrogen) atoms. The molecule has 0 aliphatic rings. The number of aliphatic imine (C=N–C) groups is 2. The Balaban J connectivity index is 0.000000892. The Morgan fingerprint density at radius 2 is 0.726 bits per heavy atom. The zero-order chi connectivity index (χ0) is 44.3. The Bertz CT molecular complexity index is 1570. The van der Waals surface area contributed by atoms with Gasteiger partial charge in [-0.05, 0) is 148 Å². The largest absolute Gasteiger partial charge is 2.00 e. The maximum absolute atomic E-state index is 11.4. The zero-order valence-corrected chi connectivity index (χ0v) is 41.9. The Morgan fingerprint density at radius 1 is 0.387 bits per heavy atom. The topological polar surface area (TPSA) is 70.8 Å². The Hall–Kier alpha value is -2.91. The van der Waals surface area contributed by atoms with Crippen molar-refractivity contribution in [2.75, 3.05) is 0 Å². The van der Waals surface area contributed by atoms with Crippen molar-refractivity contribution in [2.45, 2.75) is 241 Å². The van der Waals surface area contributed by atoms with E-state index in [2.05, 4.69) is 91.1 Å². The molecule has 0 heterocycles. The Labute approximate surface area is 392 Å². The predicted octanol–water partition coefficient (Wildman–Crippen LogP) is 16.7. The molecule has 0 fully saturated rings. The van der Waals surface area contributed by atoms with E-state index in [0.717, 1.165) is 92.4 Å². The molecule has 0 atom stereocenters. The van der Waals surface area contributed by atoms with Crippen molar-refractivity contribution in [1.82, 2.24) is 0 Å². The van der Waals surface area contributed by atoms with Gasteiger partial charge in [-0.25, -0.2) is 0 Å². The number of aryl methyl sites for hydroxylation is 6. The van der Waals surface area contributed by atoms with Gasteiger partial charge in [-0.2, -0.15) is 0 Å². The first-order valence-corrected chi connectivity index (χ1v) is 25.7. The molecule has 0 saturated carbocycles. The third kappa shape index (κ3) is 26.0. The fraction of sp³-hybridized carbons (Fsp3) is 0.649. The Kier molecular flexibility index (Phi) is 34.5. The first-order chi connectivity index (χ1) is 29.8. The molecule has 3 aromatic carbocycles. The van der Waals surface area contributed by atoms with Crippen LogP contribution in [0.5, 0.6) is 11.5 Å². The van der Waals surface area contributed by atoms with Crippen LogP contribution in [0.2, 0.25) is 0 Å². The third-order valence-corrected chi connectivity index (χ3v) is 11.9. The van der Waals surface area contributed by atoms with Crippen molar-refractivity contribution < 1.29 is 26.7 Å². The van der Waals surface area contributed by atoms with Crippen molar-refractivity contribution in [1.29, 1.82) is 0 Å². The molecule has 0 N–H and O–H groups in total. The molecule has 3 aromatic rings. The summed E-state index contributed by atoms with van der Waals surface area (Å²) in [5.41, 5.74) is 11.4.